The Hall–Kier alpha value is -4.69. The molecule has 0 saturated carbocycles. The third-order valence-electron chi connectivity index (χ3n) is 5.55. The Labute approximate surface area is 191 Å². The number of fused-ring (bicyclic) bond motifs is 1. The van der Waals surface area contributed by atoms with E-state index in [0.717, 1.165) is 5.39 Å². The largest absolute Gasteiger partial charge is 0.439 e. The number of H-pyrrole nitrogens is 2. The van der Waals surface area contributed by atoms with Crippen LogP contribution in [0.25, 0.3) is 22.3 Å². The van der Waals surface area contributed by atoms with Crippen LogP contribution in [0, 0.1) is 17.2 Å². The van der Waals surface area contributed by atoms with Gasteiger partial charge in [-0.15, -0.1) is 0 Å². The second-order valence-electron chi connectivity index (χ2n) is 7.77. The number of ether oxygens (including phenoxy) is 1. The van der Waals surface area contributed by atoms with Gasteiger partial charge in [0.15, 0.2) is 5.82 Å². The Morgan fingerprint density at radius 3 is 2.74 bits per heavy atom. The number of rotatable bonds is 5. The first-order valence-corrected chi connectivity index (χ1v) is 10.4. The zero-order valence-corrected chi connectivity index (χ0v) is 17.7. The summed E-state index contributed by atoms with van der Waals surface area (Å²) in [7, 11) is 0. The Kier molecular flexibility index (Phi) is 5.41. The van der Waals surface area contributed by atoms with Crippen LogP contribution in [0.15, 0.2) is 51.8 Å². The van der Waals surface area contributed by atoms with Crippen molar-refractivity contribution in [3.8, 4) is 17.5 Å². The number of benzene rings is 2. The van der Waals surface area contributed by atoms with Crippen molar-refractivity contribution in [1.82, 2.24) is 15.1 Å². The first-order chi connectivity index (χ1) is 16.5. The maximum Gasteiger partial charge on any atom is 0.439 e. The number of hydrogen-bond acceptors (Lipinski definition) is 7. The van der Waals surface area contributed by atoms with Gasteiger partial charge in [-0.05, 0) is 36.8 Å². The molecule has 2 aromatic carbocycles. The van der Waals surface area contributed by atoms with Crippen LogP contribution in [0.3, 0.4) is 0 Å². The second kappa shape index (κ2) is 8.68. The van der Waals surface area contributed by atoms with Crippen LogP contribution in [0.1, 0.15) is 22.5 Å². The van der Waals surface area contributed by atoms with Crippen molar-refractivity contribution >= 4 is 34.1 Å². The van der Waals surface area contributed by atoms with E-state index in [4.69, 9.17) is 4.74 Å². The molecule has 1 saturated heterocycles. The molecule has 1 aliphatic heterocycles. The first kappa shape index (κ1) is 21.2. The molecule has 0 aliphatic carbocycles. The summed E-state index contributed by atoms with van der Waals surface area (Å²) in [6.07, 6.45) is 0.671. The van der Waals surface area contributed by atoms with E-state index in [1.54, 1.807) is 18.2 Å². The lowest BCUT2D eigenvalue weighted by Crippen LogP contribution is -2.22. The van der Waals surface area contributed by atoms with Crippen LogP contribution >= 0.6 is 0 Å². The zero-order valence-electron chi connectivity index (χ0n) is 17.7. The first-order valence-electron chi connectivity index (χ1n) is 10.4. The fourth-order valence-corrected chi connectivity index (χ4v) is 3.81. The van der Waals surface area contributed by atoms with Crippen LogP contribution in [-0.4, -0.2) is 40.2 Å². The summed E-state index contributed by atoms with van der Waals surface area (Å²) in [5.41, 5.74) is 2.39. The molecule has 0 bridgehead atoms. The van der Waals surface area contributed by atoms with E-state index in [1.807, 2.05) is 12.1 Å². The van der Waals surface area contributed by atoms with Crippen LogP contribution in [0.5, 0.6) is 0 Å². The maximum atomic E-state index is 13.0. The normalized spacial score (nSPS) is 15.2. The fourth-order valence-electron chi connectivity index (χ4n) is 3.81. The topological polar surface area (TPSA) is 166 Å². The molecule has 1 aliphatic rings. The number of nitriles is 1. The van der Waals surface area contributed by atoms with Gasteiger partial charge in [-0.25, -0.2) is 4.79 Å². The van der Waals surface area contributed by atoms with Crippen molar-refractivity contribution in [3.05, 3.63) is 64.3 Å². The molecule has 4 N–H and O–H groups in total. The maximum absolute atomic E-state index is 13.0. The fraction of sp³-hybridized carbons (Fsp3) is 0.174. The summed E-state index contributed by atoms with van der Waals surface area (Å²) in [4.78, 5) is 42.4. The van der Waals surface area contributed by atoms with Crippen molar-refractivity contribution in [2.75, 3.05) is 23.8 Å². The van der Waals surface area contributed by atoms with Crippen LogP contribution in [-0.2, 0) is 9.53 Å². The zero-order chi connectivity index (χ0) is 23.7. The Bertz CT molecular complexity index is 1500. The van der Waals surface area contributed by atoms with Crippen LogP contribution in [0.4, 0.5) is 11.4 Å². The number of carbonyl (C=O) groups excluding carboxylic acids is 2. The van der Waals surface area contributed by atoms with Gasteiger partial charge in [-0.1, -0.05) is 17.3 Å². The molecule has 1 fully saturated rings. The molecule has 0 radical (unpaired) electrons. The summed E-state index contributed by atoms with van der Waals surface area (Å²) < 4.78 is 9.84. The highest BCUT2D eigenvalue weighted by Gasteiger charge is 2.24. The van der Waals surface area contributed by atoms with Gasteiger partial charge in [-0.3, -0.25) is 19.1 Å². The van der Waals surface area contributed by atoms with E-state index >= 15 is 0 Å². The van der Waals surface area contributed by atoms with E-state index in [0.29, 0.717) is 47.7 Å². The number of aromatic nitrogens is 3. The molecular formula is C23H18N6O5. The molecule has 11 heteroatoms. The molecule has 1 unspecified atom stereocenters. The number of aromatic amines is 2. The highest BCUT2D eigenvalue weighted by atomic mass is 16.5. The third-order valence-corrected chi connectivity index (χ3v) is 5.55. The Balaban J connectivity index is 1.43. The number of para-hydroxylation sites is 1. The average molecular weight is 458 g/mol. The molecule has 34 heavy (non-hydrogen) atoms. The molecule has 5 rings (SSSR count). The van der Waals surface area contributed by atoms with Gasteiger partial charge in [-0.2, -0.15) is 5.26 Å². The van der Waals surface area contributed by atoms with Crippen molar-refractivity contribution < 1.29 is 18.8 Å². The standard InChI is InChI=1S/C23H18N6O5/c24-10-12-4-5-16(15(8-12)20-28-23(32)34-29-20)26-22(31)18-9-13-2-1-3-17(19(13)25-18)27-21(30)14-6-7-33-11-14/h1-5,8-9,14,25H,6-7,11H2,(H,26,31)(H,27,30)(H,28,29,32). The Morgan fingerprint density at radius 1 is 1.12 bits per heavy atom. The average Bonchev–Trinajstić information content (AvgIpc) is 3.60. The van der Waals surface area contributed by atoms with Gasteiger partial charge in [0.1, 0.15) is 5.69 Å². The lowest BCUT2D eigenvalue weighted by molar-refractivity contribution is -0.119. The predicted molar refractivity (Wildman–Crippen MR) is 121 cm³/mol. The van der Waals surface area contributed by atoms with E-state index in [1.165, 1.54) is 18.2 Å². The summed E-state index contributed by atoms with van der Waals surface area (Å²) in [5.74, 6) is -1.48. The number of anilines is 2. The van der Waals surface area contributed by atoms with Gasteiger partial charge in [0.2, 0.25) is 5.91 Å². The highest BCUT2D eigenvalue weighted by Crippen LogP contribution is 2.28. The number of nitrogens with one attached hydrogen (secondary N) is 4. The number of hydrogen-bond donors (Lipinski definition) is 4. The summed E-state index contributed by atoms with van der Waals surface area (Å²) in [5, 5.41) is 19.3. The van der Waals surface area contributed by atoms with E-state index in [9.17, 15) is 19.6 Å². The summed E-state index contributed by atoms with van der Waals surface area (Å²) in [6, 6.07) is 13.6. The minimum absolute atomic E-state index is 0.0786. The van der Waals surface area contributed by atoms with Crippen molar-refractivity contribution in [2.24, 2.45) is 5.92 Å². The molecule has 170 valence electrons. The van der Waals surface area contributed by atoms with Crippen molar-refractivity contribution in [1.29, 1.82) is 5.26 Å². The molecule has 11 nitrogen and oxygen atoms in total. The van der Waals surface area contributed by atoms with Crippen LogP contribution < -0.4 is 16.4 Å². The molecular weight excluding hydrogens is 440 g/mol. The summed E-state index contributed by atoms with van der Waals surface area (Å²) >= 11 is 0. The number of amides is 2. The van der Waals surface area contributed by atoms with Gasteiger partial charge >= 0.3 is 5.76 Å². The molecule has 1 atom stereocenters. The SMILES string of the molecule is N#Cc1ccc(NC(=O)c2cc3cccc(NC(=O)C4CCOC4)c3[nH]2)c(-c2noc(=O)[nH]2)c1. The lowest BCUT2D eigenvalue weighted by Gasteiger charge is -2.10. The summed E-state index contributed by atoms with van der Waals surface area (Å²) in [6.45, 7) is 0.957. The number of carbonyl (C=O) groups is 2. The number of nitrogens with zero attached hydrogens (tertiary/aromatic N) is 2. The monoisotopic (exact) mass is 458 g/mol. The molecule has 2 amide bonds. The lowest BCUT2D eigenvalue weighted by atomic mass is 10.1. The molecule has 2 aromatic heterocycles. The highest BCUT2D eigenvalue weighted by molar-refractivity contribution is 6.09. The minimum Gasteiger partial charge on any atom is -0.381 e. The van der Waals surface area contributed by atoms with Gasteiger partial charge in [0.25, 0.3) is 5.91 Å². The predicted octanol–water partition coefficient (Wildman–Crippen LogP) is 2.61. The molecule has 3 heterocycles. The smallest absolute Gasteiger partial charge is 0.381 e. The van der Waals surface area contributed by atoms with Gasteiger partial charge in [0.05, 0.1) is 41.0 Å². The second-order valence-corrected chi connectivity index (χ2v) is 7.77. The third kappa shape index (κ3) is 4.05. The van der Waals surface area contributed by atoms with Crippen molar-refractivity contribution in [3.63, 3.8) is 0 Å². The van der Waals surface area contributed by atoms with Gasteiger partial charge in [0, 0.05) is 17.6 Å². The Morgan fingerprint density at radius 2 is 2.00 bits per heavy atom. The minimum atomic E-state index is -0.760. The van der Waals surface area contributed by atoms with Crippen LogP contribution in [0.2, 0.25) is 0 Å². The molecule has 4 aromatic rings. The van der Waals surface area contributed by atoms with E-state index in [-0.39, 0.29) is 23.3 Å². The molecule has 0 spiro atoms. The van der Waals surface area contributed by atoms with Crippen molar-refractivity contribution in [2.45, 2.75) is 6.42 Å². The quantitative estimate of drug-likeness (QED) is 0.357. The van der Waals surface area contributed by atoms with E-state index in [2.05, 4.69) is 30.3 Å². The van der Waals surface area contributed by atoms with Gasteiger partial charge < -0.3 is 20.4 Å². The van der Waals surface area contributed by atoms with E-state index < -0.39 is 11.7 Å².